The molecular weight excluding hydrogens is 384 g/mol. The van der Waals surface area contributed by atoms with Gasteiger partial charge in [-0.15, -0.1) is 0 Å². The molecule has 160 valence electrons. The van der Waals surface area contributed by atoms with Crippen LogP contribution in [0.1, 0.15) is 54.4 Å². The fourth-order valence-electron chi connectivity index (χ4n) is 4.87. The lowest BCUT2D eigenvalue weighted by Gasteiger charge is -2.38. The van der Waals surface area contributed by atoms with Crippen LogP contribution in [0.2, 0.25) is 0 Å². The summed E-state index contributed by atoms with van der Waals surface area (Å²) in [5.74, 6) is -1.88. The minimum atomic E-state index is -0.813. The Balaban J connectivity index is 1.47. The summed E-state index contributed by atoms with van der Waals surface area (Å²) in [6.45, 7) is 2.87. The van der Waals surface area contributed by atoms with Gasteiger partial charge < -0.3 is 9.80 Å². The summed E-state index contributed by atoms with van der Waals surface area (Å²) in [7, 11) is 0. The molecule has 0 radical (unpaired) electrons. The monoisotopic (exact) mass is 413 g/mol. The second kappa shape index (κ2) is 9.65. The second-order valence-electron chi connectivity index (χ2n) is 8.56. The van der Waals surface area contributed by atoms with Crippen molar-refractivity contribution in [3.05, 3.63) is 65.5 Å². The van der Waals surface area contributed by atoms with Crippen LogP contribution in [0.15, 0.2) is 42.7 Å². The van der Waals surface area contributed by atoms with Gasteiger partial charge in [-0.3, -0.25) is 9.78 Å². The van der Waals surface area contributed by atoms with Crippen molar-refractivity contribution in [3.8, 4) is 0 Å². The zero-order valence-electron chi connectivity index (χ0n) is 17.3. The number of carbonyl (C=O) groups excluding carboxylic acids is 1. The smallest absolute Gasteiger partial charge is 0.260 e. The molecule has 6 heteroatoms. The Bertz CT molecular complexity index is 827. The number of hydrogen-bond acceptors (Lipinski definition) is 3. The number of pyridine rings is 1. The molecule has 1 aromatic heterocycles. The molecule has 4 rings (SSSR count). The minimum Gasteiger partial charge on any atom is -0.334 e. The van der Waals surface area contributed by atoms with Crippen molar-refractivity contribution < 1.29 is 13.6 Å². The van der Waals surface area contributed by atoms with E-state index in [2.05, 4.69) is 9.88 Å². The third-order valence-corrected chi connectivity index (χ3v) is 6.53. The van der Waals surface area contributed by atoms with Crippen LogP contribution in [0, 0.1) is 17.6 Å². The SMILES string of the molecule is O=C(c1c(F)cccc1F)N(Cc1cccnc1)CC1CCN(C2CCCC2)CC1. The van der Waals surface area contributed by atoms with Crippen molar-refractivity contribution in [1.29, 1.82) is 0 Å². The minimum absolute atomic E-state index is 0.295. The van der Waals surface area contributed by atoms with E-state index in [4.69, 9.17) is 0 Å². The number of aromatic nitrogens is 1. The number of halogens is 2. The van der Waals surface area contributed by atoms with E-state index in [1.165, 1.54) is 31.7 Å². The molecule has 4 nitrogen and oxygen atoms in total. The summed E-state index contributed by atoms with van der Waals surface area (Å²) in [5.41, 5.74) is 0.385. The maximum atomic E-state index is 14.3. The average molecular weight is 414 g/mol. The molecule has 30 heavy (non-hydrogen) atoms. The number of piperidine rings is 1. The lowest BCUT2D eigenvalue weighted by atomic mass is 9.94. The fraction of sp³-hybridized carbons (Fsp3) is 0.500. The number of benzene rings is 1. The van der Waals surface area contributed by atoms with E-state index in [0.717, 1.165) is 43.6 Å². The van der Waals surface area contributed by atoms with Gasteiger partial charge in [-0.2, -0.15) is 0 Å². The molecule has 1 amide bonds. The van der Waals surface area contributed by atoms with E-state index in [0.29, 0.717) is 25.0 Å². The van der Waals surface area contributed by atoms with Crippen LogP contribution in [-0.2, 0) is 6.54 Å². The molecule has 0 atom stereocenters. The van der Waals surface area contributed by atoms with Gasteiger partial charge in [0.05, 0.1) is 0 Å². The van der Waals surface area contributed by atoms with Gasteiger partial charge in [0.2, 0.25) is 0 Å². The zero-order chi connectivity index (χ0) is 20.9. The van der Waals surface area contributed by atoms with Crippen LogP contribution < -0.4 is 0 Å². The second-order valence-corrected chi connectivity index (χ2v) is 8.56. The molecule has 2 fully saturated rings. The van der Waals surface area contributed by atoms with Crippen LogP contribution >= 0.6 is 0 Å². The van der Waals surface area contributed by atoms with Gasteiger partial charge in [-0.25, -0.2) is 8.78 Å². The predicted molar refractivity (Wildman–Crippen MR) is 112 cm³/mol. The van der Waals surface area contributed by atoms with E-state index in [-0.39, 0.29) is 0 Å². The summed E-state index contributed by atoms with van der Waals surface area (Å²) >= 11 is 0. The molecule has 0 bridgehead atoms. The quantitative estimate of drug-likeness (QED) is 0.691. The highest BCUT2D eigenvalue weighted by atomic mass is 19.1. The lowest BCUT2D eigenvalue weighted by molar-refractivity contribution is 0.0641. The third-order valence-electron chi connectivity index (χ3n) is 6.53. The van der Waals surface area contributed by atoms with Gasteiger partial charge in [-0.1, -0.05) is 25.0 Å². The molecule has 1 saturated carbocycles. The maximum absolute atomic E-state index is 14.3. The fourth-order valence-corrected chi connectivity index (χ4v) is 4.87. The average Bonchev–Trinajstić information content (AvgIpc) is 3.29. The van der Waals surface area contributed by atoms with Gasteiger partial charge >= 0.3 is 0 Å². The first-order valence-electron chi connectivity index (χ1n) is 11.0. The largest absolute Gasteiger partial charge is 0.334 e. The van der Waals surface area contributed by atoms with Gasteiger partial charge in [0, 0.05) is 31.5 Å². The third kappa shape index (κ3) is 4.86. The van der Waals surface area contributed by atoms with Crippen molar-refractivity contribution >= 4 is 5.91 Å². The standard InChI is InChI=1S/C24H29F2N3O/c25-21-8-3-9-22(26)23(21)24(30)29(17-19-5-4-12-27-15-19)16-18-10-13-28(14-11-18)20-6-1-2-7-20/h3-5,8-9,12,15,18,20H,1-2,6-7,10-11,13-14,16-17H2. The number of likely N-dealkylation sites (tertiary alicyclic amines) is 1. The van der Waals surface area contributed by atoms with Crippen LogP contribution in [0.5, 0.6) is 0 Å². The Hall–Kier alpha value is -2.34. The Morgan fingerprint density at radius 2 is 1.73 bits per heavy atom. The van der Waals surface area contributed by atoms with E-state index in [1.54, 1.807) is 17.3 Å². The van der Waals surface area contributed by atoms with Crippen molar-refractivity contribution in [3.63, 3.8) is 0 Å². The number of hydrogen-bond donors (Lipinski definition) is 0. The molecule has 1 aromatic carbocycles. The number of amides is 1. The van der Waals surface area contributed by atoms with Gasteiger partial charge in [-0.05, 0) is 68.5 Å². The molecular formula is C24H29F2N3O. The maximum Gasteiger partial charge on any atom is 0.260 e. The molecule has 1 aliphatic heterocycles. The lowest BCUT2D eigenvalue weighted by Crippen LogP contribution is -2.44. The molecule has 1 saturated heterocycles. The number of nitrogens with zero attached hydrogens (tertiary/aromatic N) is 3. The summed E-state index contributed by atoms with van der Waals surface area (Å²) in [5, 5.41) is 0. The highest BCUT2D eigenvalue weighted by Gasteiger charge is 2.30. The van der Waals surface area contributed by atoms with Crippen LogP contribution in [0.4, 0.5) is 8.78 Å². The first-order valence-corrected chi connectivity index (χ1v) is 11.0. The zero-order valence-corrected chi connectivity index (χ0v) is 17.3. The van der Waals surface area contributed by atoms with Crippen molar-refractivity contribution in [2.75, 3.05) is 19.6 Å². The summed E-state index contributed by atoms with van der Waals surface area (Å²) < 4.78 is 28.6. The van der Waals surface area contributed by atoms with E-state index in [9.17, 15) is 13.6 Å². The molecule has 2 heterocycles. The van der Waals surface area contributed by atoms with Crippen molar-refractivity contribution in [2.24, 2.45) is 5.92 Å². The van der Waals surface area contributed by atoms with Crippen molar-refractivity contribution in [1.82, 2.24) is 14.8 Å². The predicted octanol–water partition coefficient (Wildman–Crippen LogP) is 4.66. The Kier molecular flexibility index (Phi) is 6.72. The van der Waals surface area contributed by atoms with Crippen LogP contribution in [-0.4, -0.2) is 46.4 Å². The van der Waals surface area contributed by atoms with Crippen molar-refractivity contribution in [2.45, 2.75) is 51.1 Å². The van der Waals surface area contributed by atoms with Gasteiger partial charge in [0.15, 0.2) is 0 Å². The van der Waals surface area contributed by atoms with E-state index in [1.807, 2.05) is 12.1 Å². The molecule has 1 aliphatic carbocycles. The summed E-state index contributed by atoms with van der Waals surface area (Å²) in [4.78, 5) is 21.4. The normalized spacial score (nSPS) is 18.6. The Morgan fingerprint density at radius 1 is 1.03 bits per heavy atom. The molecule has 0 N–H and O–H groups in total. The van der Waals surface area contributed by atoms with Crippen LogP contribution in [0.3, 0.4) is 0 Å². The molecule has 0 unspecified atom stereocenters. The first-order chi connectivity index (χ1) is 14.6. The molecule has 0 spiro atoms. The van der Waals surface area contributed by atoms with Gasteiger partial charge in [0.25, 0.3) is 5.91 Å². The highest BCUT2D eigenvalue weighted by Crippen LogP contribution is 2.29. The Labute approximate surface area is 176 Å². The highest BCUT2D eigenvalue weighted by molar-refractivity contribution is 5.94. The Morgan fingerprint density at radius 3 is 2.37 bits per heavy atom. The van der Waals surface area contributed by atoms with E-state index >= 15 is 0 Å². The first kappa shape index (κ1) is 20.9. The summed E-state index contributed by atoms with van der Waals surface area (Å²) in [6.07, 6.45) is 10.6. The van der Waals surface area contributed by atoms with E-state index < -0.39 is 23.1 Å². The summed E-state index contributed by atoms with van der Waals surface area (Å²) in [6, 6.07) is 7.96. The van der Waals surface area contributed by atoms with Crippen LogP contribution in [0.25, 0.3) is 0 Å². The number of carbonyl (C=O) groups is 1. The molecule has 2 aromatic rings. The molecule has 2 aliphatic rings. The van der Waals surface area contributed by atoms with Gasteiger partial charge in [0.1, 0.15) is 17.2 Å². The topological polar surface area (TPSA) is 36.4 Å². The number of rotatable bonds is 6.